The zero-order chi connectivity index (χ0) is 19.1. The lowest BCUT2D eigenvalue weighted by molar-refractivity contribution is 0.0709. The minimum atomic E-state index is 0.201. The molecule has 4 heteroatoms. The first-order chi connectivity index (χ1) is 13.7. The van der Waals surface area contributed by atoms with E-state index in [4.69, 9.17) is 0 Å². The van der Waals surface area contributed by atoms with Gasteiger partial charge in [-0.1, -0.05) is 36.8 Å². The molecule has 2 bridgehead atoms. The van der Waals surface area contributed by atoms with Gasteiger partial charge in [0.05, 0.1) is 0 Å². The van der Waals surface area contributed by atoms with Gasteiger partial charge in [-0.3, -0.25) is 9.69 Å². The Balaban J connectivity index is 1.34. The lowest BCUT2D eigenvalue weighted by atomic mass is 9.83. The van der Waals surface area contributed by atoms with Crippen molar-refractivity contribution in [1.82, 2.24) is 14.4 Å². The number of nitrogens with zero attached hydrogens (tertiary/aromatic N) is 3. The predicted octanol–water partition coefficient (Wildman–Crippen LogP) is 4.03. The highest BCUT2D eigenvalue weighted by molar-refractivity contribution is 5.94. The van der Waals surface area contributed by atoms with Crippen molar-refractivity contribution < 1.29 is 4.79 Å². The molecule has 1 aliphatic carbocycles. The van der Waals surface area contributed by atoms with Crippen molar-refractivity contribution in [3.8, 4) is 11.3 Å². The second-order valence-corrected chi connectivity index (χ2v) is 9.09. The van der Waals surface area contributed by atoms with E-state index in [1.807, 2.05) is 31.3 Å². The fourth-order valence-corrected chi connectivity index (χ4v) is 5.36. The Morgan fingerprint density at radius 2 is 1.79 bits per heavy atom. The molecule has 1 amide bonds. The summed E-state index contributed by atoms with van der Waals surface area (Å²) in [6, 6.07) is 15.0. The summed E-state index contributed by atoms with van der Waals surface area (Å²) in [7, 11) is 2.02. The summed E-state index contributed by atoms with van der Waals surface area (Å²) in [6.45, 7) is 4.26. The van der Waals surface area contributed by atoms with Gasteiger partial charge in [-0.05, 0) is 55.2 Å². The Hall–Kier alpha value is -2.07. The van der Waals surface area contributed by atoms with Crippen LogP contribution >= 0.6 is 0 Å². The number of carbonyl (C=O) groups is 1. The van der Waals surface area contributed by atoms with Crippen LogP contribution in [0.4, 0.5) is 0 Å². The van der Waals surface area contributed by atoms with Crippen molar-refractivity contribution in [2.24, 2.45) is 18.9 Å². The van der Waals surface area contributed by atoms with E-state index in [0.717, 1.165) is 36.0 Å². The van der Waals surface area contributed by atoms with Crippen molar-refractivity contribution in [2.45, 2.75) is 38.1 Å². The van der Waals surface area contributed by atoms with Gasteiger partial charge < -0.3 is 9.47 Å². The second-order valence-electron chi connectivity index (χ2n) is 9.09. The minimum absolute atomic E-state index is 0.201. The molecule has 3 aliphatic heterocycles. The molecule has 0 N–H and O–H groups in total. The average Bonchev–Trinajstić information content (AvgIpc) is 2.86. The van der Waals surface area contributed by atoms with E-state index in [1.54, 1.807) is 0 Å². The van der Waals surface area contributed by atoms with Gasteiger partial charge in [0, 0.05) is 45.0 Å². The van der Waals surface area contributed by atoms with Crippen LogP contribution in [0.15, 0.2) is 42.5 Å². The number of aromatic nitrogens is 1. The average molecular weight is 378 g/mol. The Labute approximate surface area is 168 Å². The van der Waals surface area contributed by atoms with Crippen LogP contribution < -0.4 is 0 Å². The summed E-state index contributed by atoms with van der Waals surface area (Å²) in [6.07, 6.45) is 6.75. The standard InChI is InChI=1S/C24H31N3O/c1-25-22(20-8-3-2-4-9-20)12-13-23(25)24(28)27-16-19-10-11-21(17-27)26(15-19)14-18-6-5-7-18/h2-4,8-9,12-13,18-19,21H,5-7,10-11,14-17H2,1H3/t19-,21-/m1/s1. The Bertz CT molecular complexity index is 839. The van der Waals surface area contributed by atoms with Crippen molar-refractivity contribution in [3.63, 3.8) is 0 Å². The van der Waals surface area contributed by atoms with Crippen molar-refractivity contribution in [2.75, 3.05) is 26.2 Å². The van der Waals surface area contributed by atoms with Gasteiger partial charge in [-0.15, -0.1) is 0 Å². The molecule has 28 heavy (non-hydrogen) atoms. The first kappa shape index (κ1) is 18.0. The maximum absolute atomic E-state index is 13.4. The molecular formula is C24H31N3O. The van der Waals surface area contributed by atoms with Crippen LogP contribution in [0.25, 0.3) is 11.3 Å². The number of carbonyl (C=O) groups excluding carboxylic acids is 1. The summed E-state index contributed by atoms with van der Waals surface area (Å²) < 4.78 is 2.07. The van der Waals surface area contributed by atoms with Gasteiger partial charge in [-0.2, -0.15) is 0 Å². The number of amides is 1. The highest BCUT2D eigenvalue weighted by Crippen LogP contribution is 2.33. The highest BCUT2D eigenvalue weighted by atomic mass is 16.2. The van der Waals surface area contributed by atoms with Crippen LogP contribution in [-0.2, 0) is 7.05 Å². The van der Waals surface area contributed by atoms with E-state index in [-0.39, 0.29) is 5.91 Å². The number of piperidine rings is 1. The number of hydrogen-bond acceptors (Lipinski definition) is 2. The van der Waals surface area contributed by atoms with Gasteiger partial charge in [0.15, 0.2) is 0 Å². The molecule has 0 spiro atoms. The topological polar surface area (TPSA) is 28.5 Å². The number of hydrogen-bond donors (Lipinski definition) is 0. The molecule has 4 aliphatic rings. The molecular weight excluding hydrogens is 346 g/mol. The highest BCUT2D eigenvalue weighted by Gasteiger charge is 2.38. The zero-order valence-electron chi connectivity index (χ0n) is 16.9. The summed E-state index contributed by atoms with van der Waals surface area (Å²) in [5.41, 5.74) is 3.07. The Morgan fingerprint density at radius 3 is 2.54 bits per heavy atom. The van der Waals surface area contributed by atoms with E-state index in [1.165, 1.54) is 45.2 Å². The summed E-state index contributed by atoms with van der Waals surface area (Å²) in [5, 5.41) is 0. The summed E-state index contributed by atoms with van der Waals surface area (Å²) in [5.74, 6) is 1.74. The molecule has 1 aromatic carbocycles. The van der Waals surface area contributed by atoms with E-state index < -0.39 is 0 Å². The predicted molar refractivity (Wildman–Crippen MR) is 112 cm³/mol. The Morgan fingerprint density at radius 1 is 0.964 bits per heavy atom. The molecule has 0 unspecified atom stereocenters. The molecule has 4 nitrogen and oxygen atoms in total. The fourth-order valence-electron chi connectivity index (χ4n) is 5.36. The lowest BCUT2D eigenvalue weighted by Gasteiger charge is -2.40. The van der Waals surface area contributed by atoms with Gasteiger partial charge in [0.2, 0.25) is 0 Å². The number of fused-ring (bicyclic) bond motifs is 4. The van der Waals surface area contributed by atoms with Crippen LogP contribution in [0, 0.1) is 11.8 Å². The van der Waals surface area contributed by atoms with Crippen LogP contribution in [0.3, 0.4) is 0 Å². The molecule has 6 rings (SSSR count). The third-order valence-electron chi connectivity index (χ3n) is 7.24. The minimum Gasteiger partial charge on any atom is -0.340 e. The van der Waals surface area contributed by atoms with Crippen molar-refractivity contribution in [3.05, 3.63) is 48.2 Å². The van der Waals surface area contributed by atoms with Crippen LogP contribution in [0.2, 0.25) is 0 Å². The first-order valence-electron chi connectivity index (χ1n) is 10.9. The normalized spacial score (nSPS) is 25.5. The van der Waals surface area contributed by atoms with Crippen LogP contribution in [0.5, 0.6) is 0 Å². The molecule has 148 valence electrons. The van der Waals surface area contributed by atoms with Gasteiger partial charge in [-0.25, -0.2) is 0 Å². The molecule has 1 saturated carbocycles. The van der Waals surface area contributed by atoms with Gasteiger partial charge >= 0.3 is 0 Å². The van der Waals surface area contributed by atoms with Gasteiger partial charge in [0.25, 0.3) is 5.91 Å². The van der Waals surface area contributed by atoms with E-state index in [0.29, 0.717) is 12.0 Å². The molecule has 1 aromatic heterocycles. The Kier molecular flexibility index (Phi) is 4.75. The third kappa shape index (κ3) is 3.28. The molecule has 2 aromatic rings. The first-order valence-corrected chi connectivity index (χ1v) is 10.9. The quantitative estimate of drug-likeness (QED) is 0.805. The zero-order valence-corrected chi connectivity index (χ0v) is 16.9. The van der Waals surface area contributed by atoms with Crippen molar-refractivity contribution in [1.29, 1.82) is 0 Å². The fraction of sp³-hybridized carbons (Fsp3) is 0.542. The number of benzene rings is 1. The maximum Gasteiger partial charge on any atom is 0.270 e. The third-order valence-corrected chi connectivity index (χ3v) is 7.24. The van der Waals surface area contributed by atoms with Gasteiger partial charge in [0.1, 0.15) is 5.69 Å². The van der Waals surface area contributed by atoms with E-state index in [9.17, 15) is 4.79 Å². The largest absolute Gasteiger partial charge is 0.340 e. The molecule has 4 heterocycles. The number of rotatable bonds is 4. The van der Waals surface area contributed by atoms with E-state index >= 15 is 0 Å². The maximum atomic E-state index is 13.4. The van der Waals surface area contributed by atoms with E-state index in [2.05, 4.69) is 32.6 Å². The SMILES string of the molecule is Cn1c(C(=O)N2C[C@@H]3CC[C@H](C2)N(CC2CCC2)C3)ccc1-c1ccccc1. The molecule has 0 radical (unpaired) electrons. The molecule has 2 atom stereocenters. The lowest BCUT2D eigenvalue weighted by Crippen LogP contribution is -2.47. The molecule has 3 saturated heterocycles. The molecule has 4 fully saturated rings. The second kappa shape index (κ2) is 7.40. The van der Waals surface area contributed by atoms with Crippen LogP contribution in [-0.4, -0.2) is 52.5 Å². The van der Waals surface area contributed by atoms with Crippen LogP contribution in [0.1, 0.15) is 42.6 Å². The smallest absolute Gasteiger partial charge is 0.270 e. The summed E-state index contributed by atoms with van der Waals surface area (Å²) >= 11 is 0. The van der Waals surface area contributed by atoms with Crippen molar-refractivity contribution >= 4 is 5.91 Å². The monoisotopic (exact) mass is 377 g/mol. The summed E-state index contributed by atoms with van der Waals surface area (Å²) in [4.78, 5) is 18.3.